The molecule has 4 aliphatic rings. The van der Waals surface area contributed by atoms with Crippen LogP contribution in [0.15, 0.2) is 23.3 Å². The highest BCUT2D eigenvalue weighted by molar-refractivity contribution is 5.39. The average molecular weight is 475 g/mol. The summed E-state index contributed by atoms with van der Waals surface area (Å²) in [5, 5.41) is 30.0. The van der Waals surface area contributed by atoms with Crippen molar-refractivity contribution in [1.82, 2.24) is 0 Å². The van der Waals surface area contributed by atoms with Gasteiger partial charge in [-0.05, 0) is 99.7 Å². The molecule has 0 saturated heterocycles. The van der Waals surface area contributed by atoms with Gasteiger partial charge in [0, 0.05) is 13.2 Å². The van der Waals surface area contributed by atoms with Gasteiger partial charge in [-0.15, -0.1) is 0 Å². The Hall–Kier alpha value is -0.680. The third-order valence-corrected chi connectivity index (χ3v) is 10.4. The Balaban J connectivity index is 1.48. The predicted molar refractivity (Wildman–Crippen MR) is 137 cm³/mol. The number of hydrogen-bond acceptors (Lipinski definition) is 4. The van der Waals surface area contributed by atoms with Gasteiger partial charge in [-0.3, -0.25) is 0 Å². The largest absolute Gasteiger partial charge is 0.396 e. The zero-order chi connectivity index (χ0) is 24.7. The Labute approximate surface area is 207 Å². The molecule has 0 radical (unpaired) electrons. The first-order valence-corrected chi connectivity index (χ1v) is 14.0. The molecule has 0 aromatic heterocycles. The van der Waals surface area contributed by atoms with Gasteiger partial charge in [0.05, 0.1) is 17.8 Å². The SMILES string of the molecule is C[C@H](CCCC(C)(C)O)C1CCC2C3=CC=C4CC(O)C(OCCCO)CC4(C)C3CCC21C. The summed E-state index contributed by atoms with van der Waals surface area (Å²) in [6, 6.07) is 0. The maximum atomic E-state index is 10.8. The molecule has 0 bridgehead atoms. The van der Waals surface area contributed by atoms with Crippen molar-refractivity contribution in [3.8, 4) is 0 Å². The van der Waals surface area contributed by atoms with E-state index in [-0.39, 0.29) is 18.1 Å². The Kier molecular flexibility index (Phi) is 7.76. The number of ether oxygens (including phenoxy) is 1. The van der Waals surface area contributed by atoms with Crippen LogP contribution in [-0.4, -0.2) is 46.3 Å². The Morgan fingerprint density at radius 1 is 1.12 bits per heavy atom. The Morgan fingerprint density at radius 3 is 2.59 bits per heavy atom. The summed E-state index contributed by atoms with van der Waals surface area (Å²) >= 11 is 0. The van der Waals surface area contributed by atoms with E-state index in [2.05, 4.69) is 32.9 Å². The molecule has 4 aliphatic carbocycles. The van der Waals surface area contributed by atoms with E-state index in [0.29, 0.717) is 42.6 Å². The van der Waals surface area contributed by atoms with E-state index in [4.69, 9.17) is 9.84 Å². The zero-order valence-electron chi connectivity index (χ0n) is 22.4. The third kappa shape index (κ3) is 4.94. The molecule has 0 aliphatic heterocycles. The maximum Gasteiger partial charge on any atom is 0.0845 e. The molecule has 0 spiro atoms. The molecular formula is C30H50O4. The van der Waals surface area contributed by atoms with Crippen LogP contribution in [0.3, 0.4) is 0 Å². The topological polar surface area (TPSA) is 69.9 Å². The molecular weight excluding hydrogens is 424 g/mol. The molecule has 8 atom stereocenters. The molecule has 4 heteroatoms. The highest BCUT2D eigenvalue weighted by Gasteiger charge is 2.57. The molecule has 0 amide bonds. The van der Waals surface area contributed by atoms with E-state index in [1.807, 2.05) is 13.8 Å². The maximum absolute atomic E-state index is 10.8. The lowest BCUT2D eigenvalue weighted by Gasteiger charge is -2.56. The smallest absolute Gasteiger partial charge is 0.0845 e. The number of hydrogen-bond donors (Lipinski definition) is 3. The Bertz CT molecular complexity index is 779. The first kappa shape index (κ1) is 26.4. The lowest BCUT2D eigenvalue weighted by molar-refractivity contribution is -0.0860. The van der Waals surface area contributed by atoms with E-state index in [1.54, 1.807) is 5.57 Å². The van der Waals surface area contributed by atoms with E-state index in [0.717, 1.165) is 25.2 Å². The van der Waals surface area contributed by atoms with Crippen LogP contribution in [-0.2, 0) is 4.74 Å². The van der Waals surface area contributed by atoms with Crippen LogP contribution in [0.4, 0.5) is 0 Å². The monoisotopic (exact) mass is 474 g/mol. The summed E-state index contributed by atoms with van der Waals surface area (Å²) in [7, 11) is 0. The predicted octanol–water partition coefficient (Wildman–Crippen LogP) is 5.80. The molecule has 194 valence electrons. The normalized spacial score (nSPS) is 40.6. The molecule has 3 fully saturated rings. The summed E-state index contributed by atoms with van der Waals surface area (Å²) in [6.45, 7) is 12.0. The molecule has 4 rings (SSSR count). The van der Waals surface area contributed by atoms with Crippen LogP contribution in [0.5, 0.6) is 0 Å². The van der Waals surface area contributed by atoms with Gasteiger partial charge in [0.1, 0.15) is 0 Å². The van der Waals surface area contributed by atoms with Gasteiger partial charge in [-0.1, -0.05) is 56.9 Å². The average Bonchev–Trinajstić information content (AvgIpc) is 3.11. The summed E-state index contributed by atoms with van der Waals surface area (Å²) in [5.41, 5.74) is 2.99. The van der Waals surface area contributed by atoms with Crippen molar-refractivity contribution in [2.75, 3.05) is 13.2 Å². The van der Waals surface area contributed by atoms with Gasteiger partial charge in [0.25, 0.3) is 0 Å². The second-order valence-electron chi connectivity index (χ2n) is 13.3. The van der Waals surface area contributed by atoms with Crippen LogP contribution in [0.25, 0.3) is 0 Å². The standard InChI is InChI=1S/C30H50O4/c1-20(8-6-14-28(2,3)33)23-11-12-24-22-10-9-21-18-26(32)27(34-17-7-16-31)19-30(21,5)25(22)13-15-29(23,24)4/h9-10,20,23-27,31-33H,6-8,11-19H2,1-5H3/t20-,23?,24?,25?,26?,27?,29?,30?/m1/s1. The van der Waals surface area contributed by atoms with Gasteiger partial charge in [0.2, 0.25) is 0 Å². The van der Waals surface area contributed by atoms with Gasteiger partial charge >= 0.3 is 0 Å². The first-order valence-electron chi connectivity index (χ1n) is 14.0. The van der Waals surface area contributed by atoms with Crippen molar-refractivity contribution >= 4 is 0 Å². The molecule has 0 heterocycles. The first-order chi connectivity index (χ1) is 16.0. The van der Waals surface area contributed by atoms with Crippen LogP contribution in [0, 0.1) is 34.5 Å². The van der Waals surface area contributed by atoms with Crippen molar-refractivity contribution in [2.45, 2.75) is 117 Å². The fourth-order valence-electron chi connectivity index (χ4n) is 8.51. The summed E-state index contributed by atoms with van der Waals surface area (Å²) in [5.74, 6) is 2.70. The van der Waals surface area contributed by atoms with Crippen molar-refractivity contribution in [3.63, 3.8) is 0 Å². The number of aliphatic hydroxyl groups is 3. The highest BCUT2D eigenvalue weighted by atomic mass is 16.5. The zero-order valence-corrected chi connectivity index (χ0v) is 22.4. The van der Waals surface area contributed by atoms with E-state index in [9.17, 15) is 10.2 Å². The molecule has 3 saturated carbocycles. The minimum Gasteiger partial charge on any atom is -0.396 e. The fourth-order valence-corrected chi connectivity index (χ4v) is 8.51. The number of rotatable bonds is 9. The van der Waals surface area contributed by atoms with Crippen LogP contribution in [0.2, 0.25) is 0 Å². The van der Waals surface area contributed by atoms with Crippen molar-refractivity contribution < 1.29 is 20.1 Å². The van der Waals surface area contributed by atoms with Crippen molar-refractivity contribution in [2.24, 2.45) is 34.5 Å². The number of aliphatic hydroxyl groups excluding tert-OH is 2. The highest BCUT2D eigenvalue weighted by Crippen LogP contribution is 2.66. The third-order valence-electron chi connectivity index (χ3n) is 10.4. The summed E-state index contributed by atoms with van der Waals surface area (Å²) < 4.78 is 6.07. The van der Waals surface area contributed by atoms with Crippen LogP contribution < -0.4 is 0 Å². The number of allylic oxidation sites excluding steroid dienone is 3. The van der Waals surface area contributed by atoms with Crippen LogP contribution >= 0.6 is 0 Å². The lowest BCUT2D eigenvalue weighted by Crippen LogP contribution is -2.50. The second-order valence-corrected chi connectivity index (χ2v) is 13.3. The fraction of sp³-hybridized carbons (Fsp3) is 0.867. The van der Waals surface area contributed by atoms with Gasteiger partial charge in [-0.25, -0.2) is 0 Å². The molecule has 34 heavy (non-hydrogen) atoms. The molecule has 4 nitrogen and oxygen atoms in total. The molecule has 7 unspecified atom stereocenters. The molecule has 0 aromatic carbocycles. The van der Waals surface area contributed by atoms with E-state index >= 15 is 0 Å². The van der Waals surface area contributed by atoms with Gasteiger partial charge in [-0.2, -0.15) is 0 Å². The number of fused-ring (bicyclic) bond motifs is 5. The summed E-state index contributed by atoms with van der Waals surface area (Å²) in [4.78, 5) is 0. The van der Waals surface area contributed by atoms with Crippen molar-refractivity contribution in [1.29, 1.82) is 0 Å². The van der Waals surface area contributed by atoms with E-state index < -0.39 is 11.7 Å². The summed E-state index contributed by atoms with van der Waals surface area (Å²) in [6.07, 6.45) is 14.8. The van der Waals surface area contributed by atoms with Crippen LogP contribution in [0.1, 0.15) is 98.8 Å². The molecule has 3 N–H and O–H groups in total. The quantitative estimate of drug-likeness (QED) is 0.369. The minimum absolute atomic E-state index is 0.0743. The van der Waals surface area contributed by atoms with Gasteiger partial charge in [0.15, 0.2) is 0 Å². The van der Waals surface area contributed by atoms with Crippen molar-refractivity contribution in [3.05, 3.63) is 23.3 Å². The minimum atomic E-state index is -0.556. The molecule has 0 aromatic rings. The second kappa shape index (κ2) is 10.00. The van der Waals surface area contributed by atoms with E-state index in [1.165, 1.54) is 37.7 Å². The lowest BCUT2D eigenvalue weighted by atomic mass is 9.49. The van der Waals surface area contributed by atoms with Gasteiger partial charge < -0.3 is 20.1 Å². The Morgan fingerprint density at radius 2 is 1.88 bits per heavy atom.